The van der Waals surface area contributed by atoms with Crippen LogP contribution in [-0.2, 0) is 0 Å². The Morgan fingerprint density at radius 2 is 2.00 bits per heavy atom. The SMILES string of the molecule is CC.[CH2-]NC(=O)c1nc2ccccc2s1.[K+]. The molecule has 0 aliphatic rings. The molecule has 0 aliphatic heterocycles. The van der Waals surface area contributed by atoms with Gasteiger partial charge in [0.1, 0.15) is 0 Å². The molecule has 1 aromatic heterocycles. The molecule has 0 aliphatic carbocycles. The third-order valence-electron chi connectivity index (χ3n) is 1.65. The van der Waals surface area contributed by atoms with Crippen molar-refractivity contribution in [3.8, 4) is 0 Å². The van der Waals surface area contributed by atoms with Crippen molar-refractivity contribution in [1.82, 2.24) is 10.3 Å². The third kappa shape index (κ3) is 3.91. The van der Waals surface area contributed by atoms with E-state index in [0.29, 0.717) is 5.01 Å². The van der Waals surface area contributed by atoms with E-state index in [1.54, 1.807) is 0 Å². The summed E-state index contributed by atoms with van der Waals surface area (Å²) < 4.78 is 1.01. The molecule has 0 saturated carbocycles. The number of benzene rings is 1. The molecule has 5 heteroatoms. The summed E-state index contributed by atoms with van der Waals surface area (Å²) >= 11 is 1.37. The zero-order chi connectivity index (χ0) is 11.3. The van der Waals surface area contributed by atoms with Crippen LogP contribution < -0.4 is 56.7 Å². The summed E-state index contributed by atoms with van der Waals surface area (Å²) in [6, 6.07) is 7.64. The van der Waals surface area contributed by atoms with Gasteiger partial charge in [0.25, 0.3) is 5.91 Å². The Labute approximate surface area is 142 Å². The standard InChI is InChI=1S/C9H7N2OS.C2H6.K/c1-10-8(12)9-11-6-4-2-3-5-7(6)13-9;1-2;/h2-5H,1H2,(H,10,12);1-2H3;/q-1;;+1. The Morgan fingerprint density at radius 3 is 2.56 bits per heavy atom. The molecule has 0 unspecified atom stereocenters. The van der Waals surface area contributed by atoms with Crippen molar-refractivity contribution in [1.29, 1.82) is 0 Å². The number of para-hydroxylation sites is 1. The topological polar surface area (TPSA) is 42.0 Å². The van der Waals surface area contributed by atoms with Crippen LogP contribution in [0.5, 0.6) is 0 Å². The molecule has 16 heavy (non-hydrogen) atoms. The second-order valence-electron chi connectivity index (χ2n) is 2.49. The van der Waals surface area contributed by atoms with Gasteiger partial charge in [-0.05, 0) is 12.1 Å². The van der Waals surface area contributed by atoms with Gasteiger partial charge in [-0.2, -0.15) is 0 Å². The van der Waals surface area contributed by atoms with E-state index >= 15 is 0 Å². The molecule has 3 nitrogen and oxygen atoms in total. The monoisotopic (exact) mass is 260 g/mol. The predicted octanol–water partition coefficient (Wildman–Crippen LogP) is -0.152. The summed E-state index contributed by atoms with van der Waals surface area (Å²) in [5.74, 6) is -0.235. The van der Waals surface area contributed by atoms with E-state index in [2.05, 4.69) is 17.3 Å². The quantitative estimate of drug-likeness (QED) is 0.572. The first-order valence-electron chi connectivity index (χ1n) is 4.74. The molecule has 2 rings (SSSR count). The van der Waals surface area contributed by atoms with Gasteiger partial charge in [-0.3, -0.25) is 11.8 Å². The van der Waals surface area contributed by atoms with E-state index < -0.39 is 0 Å². The van der Waals surface area contributed by atoms with Crippen molar-refractivity contribution in [2.75, 3.05) is 0 Å². The van der Waals surface area contributed by atoms with Gasteiger partial charge >= 0.3 is 51.4 Å². The fourth-order valence-corrected chi connectivity index (χ4v) is 1.93. The molecule has 0 spiro atoms. The van der Waals surface area contributed by atoms with Crippen LogP contribution in [-0.4, -0.2) is 10.9 Å². The number of aromatic nitrogens is 1. The first kappa shape index (κ1) is 16.2. The van der Waals surface area contributed by atoms with Crippen LogP contribution in [0.25, 0.3) is 10.2 Å². The van der Waals surface area contributed by atoms with Crippen molar-refractivity contribution in [3.63, 3.8) is 0 Å². The maximum atomic E-state index is 11.2. The van der Waals surface area contributed by atoms with Crippen molar-refractivity contribution >= 4 is 27.5 Å². The Kier molecular flexibility index (Phi) is 8.44. The average Bonchev–Trinajstić information content (AvgIpc) is 2.74. The van der Waals surface area contributed by atoms with Crippen molar-refractivity contribution in [3.05, 3.63) is 36.3 Å². The van der Waals surface area contributed by atoms with E-state index in [-0.39, 0.29) is 57.3 Å². The molecule has 0 radical (unpaired) electrons. The van der Waals surface area contributed by atoms with Gasteiger partial charge in [0.15, 0.2) is 5.01 Å². The summed E-state index contributed by atoms with van der Waals surface area (Å²) in [4.78, 5) is 15.3. The number of fused-ring (bicyclic) bond motifs is 1. The predicted molar refractivity (Wildman–Crippen MR) is 63.8 cm³/mol. The van der Waals surface area contributed by atoms with Crippen LogP contribution in [0, 0.1) is 7.05 Å². The number of carbonyl (C=O) groups excluding carboxylic acids is 1. The van der Waals surface area contributed by atoms with Gasteiger partial charge < -0.3 is 5.32 Å². The summed E-state index contributed by atoms with van der Waals surface area (Å²) in [6.07, 6.45) is 0. The molecule has 80 valence electrons. The minimum absolute atomic E-state index is 0. The maximum absolute atomic E-state index is 11.2. The third-order valence-corrected chi connectivity index (χ3v) is 2.68. The van der Waals surface area contributed by atoms with Crippen molar-refractivity contribution in [2.45, 2.75) is 13.8 Å². The number of amides is 1. The molecular weight excluding hydrogens is 247 g/mol. The molecule has 0 bridgehead atoms. The van der Waals surface area contributed by atoms with E-state index in [1.165, 1.54) is 11.3 Å². The summed E-state index contributed by atoms with van der Waals surface area (Å²) in [7, 11) is 3.30. The van der Waals surface area contributed by atoms with E-state index in [0.717, 1.165) is 10.2 Å². The van der Waals surface area contributed by atoms with Crippen LogP contribution in [0.4, 0.5) is 0 Å². The van der Waals surface area contributed by atoms with Crippen LogP contribution >= 0.6 is 11.3 Å². The van der Waals surface area contributed by atoms with E-state index in [9.17, 15) is 4.79 Å². The Hall–Kier alpha value is 0.216. The van der Waals surface area contributed by atoms with Gasteiger partial charge in [-0.15, -0.1) is 11.3 Å². The molecule has 0 atom stereocenters. The molecule has 1 aromatic carbocycles. The number of nitrogens with zero attached hydrogens (tertiary/aromatic N) is 1. The van der Waals surface area contributed by atoms with Gasteiger partial charge in [0, 0.05) is 0 Å². The van der Waals surface area contributed by atoms with Crippen LogP contribution in [0.1, 0.15) is 23.6 Å². The van der Waals surface area contributed by atoms with Crippen molar-refractivity contribution in [2.24, 2.45) is 0 Å². The largest absolute Gasteiger partial charge is 1.00 e. The average molecular weight is 260 g/mol. The number of thiazole rings is 1. The molecule has 1 heterocycles. The van der Waals surface area contributed by atoms with Crippen LogP contribution in [0.2, 0.25) is 0 Å². The number of hydrogen-bond acceptors (Lipinski definition) is 3. The number of nitrogens with one attached hydrogen (secondary N) is 1. The van der Waals surface area contributed by atoms with Crippen LogP contribution in [0.3, 0.4) is 0 Å². The second-order valence-corrected chi connectivity index (χ2v) is 3.52. The maximum Gasteiger partial charge on any atom is 1.00 e. The molecule has 2 aromatic rings. The van der Waals surface area contributed by atoms with Crippen LogP contribution in [0.15, 0.2) is 24.3 Å². The fourth-order valence-electron chi connectivity index (χ4n) is 1.04. The Morgan fingerprint density at radius 1 is 1.38 bits per heavy atom. The minimum atomic E-state index is -0.235. The number of hydrogen-bond donors (Lipinski definition) is 1. The second kappa shape index (κ2) is 8.33. The summed E-state index contributed by atoms with van der Waals surface area (Å²) in [5, 5.41) is 2.76. The van der Waals surface area contributed by atoms with Gasteiger partial charge in [-0.1, -0.05) is 26.0 Å². The van der Waals surface area contributed by atoms with Gasteiger partial charge in [0.2, 0.25) is 0 Å². The Balaban J connectivity index is 0.000000711. The molecule has 1 N–H and O–H groups in total. The zero-order valence-electron chi connectivity index (χ0n) is 9.78. The zero-order valence-corrected chi connectivity index (χ0v) is 13.7. The fraction of sp³-hybridized carbons (Fsp3) is 0.182. The summed E-state index contributed by atoms with van der Waals surface area (Å²) in [6.45, 7) is 4.00. The number of carbonyl (C=O) groups is 1. The Bertz CT molecular complexity index is 423. The minimum Gasteiger partial charge on any atom is -0.502 e. The van der Waals surface area contributed by atoms with Gasteiger partial charge in [0.05, 0.1) is 10.2 Å². The first-order chi connectivity index (χ1) is 7.31. The normalized spacial score (nSPS) is 8.69. The molecule has 0 fully saturated rings. The summed E-state index contributed by atoms with van der Waals surface area (Å²) in [5.41, 5.74) is 0.853. The number of rotatable bonds is 1. The molecule has 1 amide bonds. The van der Waals surface area contributed by atoms with E-state index in [4.69, 9.17) is 0 Å². The molecule has 0 saturated heterocycles. The van der Waals surface area contributed by atoms with E-state index in [1.807, 2.05) is 38.1 Å². The smallest absolute Gasteiger partial charge is 0.502 e. The van der Waals surface area contributed by atoms with Gasteiger partial charge in [-0.25, -0.2) is 4.98 Å². The molecular formula is C11H13KN2OS. The van der Waals surface area contributed by atoms with Crippen molar-refractivity contribution < 1.29 is 56.2 Å². The first-order valence-corrected chi connectivity index (χ1v) is 5.56.